The maximum Gasteiger partial charge on any atom is 0.193 e. The average molecular weight is 350 g/mol. The highest BCUT2D eigenvalue weighted by atomic mass is 19.1. The monoisotopic (exact) mass is 350 g/mol. The van der Waals surface area contributed by atoms with Gasteiger partial charge < -0.3 is 19.9 Å². The van der Waals surface area contributed by atoms with Gasteiger partial charge in [-0.25, -0.2) is 4.39 Å². The number of ether oxygens (including phenoxy) is 1. The van der Waals surface area contributed by atoms with Crippen molar-refractivity contribution in [2.45, 2.75) is 19.8 Å². The fraction of sp³-hybridized carbons (Fsp3) is 0.632. The summed E-state index contributed by atoms with van der Waals surface area (Å²) in [6.45, 7) is 7.08. The molecule has 0 aliphatic carbocycles. The van der Waals surface area contributed by atoms with Crippen molar-refractivity contribution in [2.75, 3.05) is 58.4 Å². The first-order valence-electron chi connectivity index (χ1n) is 9.14. The lowest BCUT2D eigenvalue weighted by atomic mass is 10.1. The van der Waals surface area contributed by atoms with Gasteiger partial charge in [-0.05, 0) is 31.9 Å². The number of benzene rings is 1. The summed E-state index contributed by atoms with van der Waals surface area (Å²) in [6.07, 6.45) is 2.00. The summed E-state index contributed by atoms with van der Waals surface area (Å²) in [5.74, 6) is 1.34. The zero-order chi connectivity index (χ0) is 18.1. The van der Waals surface area contributed by atoms with Crippen molar-refractivity contribution < 1.29 is 9.13 Å². The normalized spacial score (nSPS) is 17.6. The number of nitrogens with zero attached hydrogens (tertiary/aromatic N) is 3. The molecule has 140 valence electrons. The predicted octanol–water partition coefficient (Wildman–Crippen LogP) is 2.59. The highest BCUT2D eigenvalue weighted by Gasteiger charge is 2.19. The summed E-state index contributed by atoms with van der Waals surface area (Å²) in [4.78, 5) is 8.84. The number of nitrogens with one attached hydrogen (secondary N) is 1. The van der Waals surface area contributed by atoms with E-state index in [1.165, 1.54) is 6.07 Å². The number of para-hydroxylation sites is 1. The molecule has 6 heteroatoms. The maximum atomic E-state index is 13.8. The number of guanidine groups is 1. The van der Waals surface area contributed by atoms with Crippen LogP contribution in [-0.2, 0) is 4.74 Å². The van der Waals surface area contributed by atoms with Crippen LogP contribution in [0.25, 0.3) is 0 Å². The molecule has 0 spiro atoms. The van der Waals surface area contributed by atoms with Crippen LogP contribution in [-0.4, -0.2) is 64.3 Å². The summed E-state index contributed by atoms with van der Waals surface area (Å²) in [5, 5.41) is 3.35. The molecule has 0 aromatic heterocycles. The SMILES string of the molecule is CCNC(=NCCCN(C)c1ccccc1F)N(C)CC1CCOC1. The van der Waals surface area contributed by atoms with Crippen LogP contribution in [0.5, 0.6) is 0 Å². The second-order valence-electron chi connectivity index (χ2n) is 6.57. The predicted molar refractivity (Wildman–Crippen MR) is 102 cm³/mol. The number of anilines is 1. The van der Waals surface area contributed by atoms with E-state index in [4.69, 9.17) is 9.73 Å². The molecule has 0 amide bonds. The van der Waals surface area contributed by atoms with Gasteiger partial charge in [-0.15, -0.1) is 0 Å². The summed E-state index contributed by atoms with van der Waals surface area (Å²) in [6, 6.07) is 6.87. The smallest absolute Gasteiger partial charge is 0.193 e. The van der Waals surface area contributed by atoms with Crippen molar-refractivity contribution in [3.05, 3.63) is 30.1 Å². The largest absolute Gasteiger partial charge is 0.381 e. The molecule has 25 heavy (non-hydrogen) atoms. The van der Waals surface area contributed by atoms with Crippen LogP contribution in [0.1, 0.15) is 19.8 Å². The molecule has 1 aliphatic rings. The van der Waals surface area contributed by atoms with Gasteiger partial charge in [0.2, 0.25) is 0 Å². The van der Waals surface area contributed by atoms with Crippen LogP contribution in [0.15, 0.2) is 29.3 Å². The summed E-state index contributed by atoms with van der Waals surface area (Å²) in [7, 11) is 3.99. The van der Waals surface area contributed by atoms with E-state index >= 15 is 0 Å². The molecule has 1 atom stereocenters. The minimum absolute atomic E-state index is 0.180. The number of rotatable bonds is 8. The first-order chi connectivity index (χ1) is 12.1. The van der Waals surface area contributed by atoms with Crippen LogP contribution >= 0.6 is 0 Å². The lowest BCUT2D eigenvalue weighted by Crippen LogP contribution is -2.41. The van der Waals surface area contributed by atoms with Gasteiger partial charge in [0.25, 0.3) is 0 Å². The zero-order valence-electron chi connectivity index (χ0n) is 15.7. The van der Waals surface area contributed by atoms with Gasteiger partial charge in [-0.3, -0.25) is 4.99 Å². The molecule has 1 fully saturated rings. The molecule has 2 rings (SSSR count). The van der Waals surface area contributed by atoms with Crippen molar-refractivity contribution in [1.82, 2.24) is 10.2 Å². The average Bonchev–Trinajstić information content (AvgIpc) is 3.10. The number of hydrogen-bond donors (Lipinski definition) is 1. The quantitative estimate of drug-likeness (QED) is 0.444. The Kier molecular flexibility index (Phi) is 7.98. The van der Waals surface area contributed by atoms with Crippen molar-refractivity contribution in [2.24, 2.45) is 10.9 Å². The van der Waals surface area contributed by atoms with E-state index in [0.29, 0.717) is 18.2 Å². The number of aliphatic imine (C=N–C) groups is 1. The molecule has 0 bridgehead atoms. The van der Waals surface area contributed by atoms with E-state index in [9.17, 15) is 4.39 Å². The lowest BCUT2D eigenvalue weighted by molar-refractivity contribution is 0.181. The summed E-state index contributed by atoms with van der Waals surface area (Å²) >= 11 is 0. The van der Waals surface area contributed by atoms with Crippen LogP contribution in [0.2, 0.25) is 0 Å². The van der Waals surface area contributed by atoms with Crippen LogP contribution in [0.4, 0.5) is 10.1 Å². The Labute approximate surface area is 150 Å². The first kappa shape index (κ1) is 19.5. The van der Waals surface area contributed by atoms with Gasteiger partial charge in [0.15, 0.2) is 5.96 Å². The third-order valence-corrected chi connectivity index (χ3v) is 4.43. The van der Waals surface area contributed by atoms with Crippen molar-refractivity contribution >= 4 is 11.6 Å². The Balaban J connectivity index is 1.81. The van der Waals surface area contributed by atoms with Crippen LogP contribution in [0, 0.1) is 11.7 Å². The van der Waals surface area contributed by atoms with E-state index in [-0.39, 0.29) is 5.82 Å². The van der Waals surface area contributed by atoms with E-state index in [1.54, 1.807) is 12.1 Å². The van der Waals surface area contributed by atoms with E-state index in [1.807, 2.05) is 18.0 Å². The second-order valence-corrected chi connectivity index (χ2v) is 6.57. The molecule has 1 aromatic carbocycles. The minimum atomic E-state index is -0.180. The summed E-state index contributed by atoms with van der Waals surface area (Å²) in [5.41, 5.74) is 0.636. The molecular formula is C19H31FN4O. The third kappa shape index (κ3) is 6.20. The topological polar surface area (TPSA) is 40.1 Å². The Bertz CT molecular complexity index is 546. The Hall–Kier alpha value is -1.82. The van der Waals surface area contributed by atoms with Gasteiger partial charge in [0, 0.05) is 52.8 Å². The van der Waals surface area contributed by atoms with Crippen LogP contribution < -0.4 is 10.2 Å². The highest BCUT2D eigenvalue weighted by Crippen LogP contribution is 2.17. The van der Waals surface area contributed by atoms with Crippen molar-refractivity contribution in [1.29, 1.82) is 0 Å². The summed E-state index contributed by atoms with van der Waals surface area (Å²) < 4.78 is 19.2. The van der Waals surface area contributed by atoms with Gasteiger partial charge in [-0.1, -0.05) is 12.1 Å². The zero-order valence-corrected chi connectivity index (χ0v) is 15.7. The molecule has 0 radical (unpaired) electrons. The minimum Gasteiger partial charge on any atom is -0.381 e. The molecule has 5 nitrogen and oxygen atoms in total. The molecule has 1 saturated heterocycles. The lowest BCUT2D eigenvalue weighted by Gasteiger charge is -2.24. The molecular weight excluding hydrogens is 319 g/mol. The second kappa shape index (κ2) is 10.2. The molecule has 1 aromatic rings. The standard InChI is InChI=1S/C19H31FN4O/c1-4-21-19(24(3)14-16-10-13-25-15-16)22-11-7-12-23(2)18-9-6-5-8-17(18)20/h5-6,8-9,16H,4,7,10-15H2,1-3H3,(H,21,22). The van der Waals surface area contributed by atoms with Crippen molar-refractivity contribution in [3.63, 3.8) is 0 Å². The Morgan fingerprint density at radius 3 is 2.84 bits per heavy atom. The van der Waals surface area contributed by atoms with E-state index in [2.05, 4.69) is 24.2 Å². The first-order valence-corrected chi connectivity index (χ1v) is 9.14. The van der Waals surface area contributed by atoms with Gasteiger partial charge >= 0.3 is 0 Å². The van der Waals surface area contributed by atoms with Gasteiger partial charge in [-0.2, -0.15) is 0 Å². The third-order valence-electron chi connectivity index (χ3n) is 4.43. The van der Waals surface area contributed by atoms with Crippen LogP contribution in [0.3, 0.4) is 0 Å². The molecule has 1 N–H and O–H groups in total. The molecule has 1 unspecified atom stereocenters. The highest BCUT2D eigenvalue weighted by molar-refractivity contribution is 5.79. The van der Waals surface area contributed by atoms with E-state index in [0.717, 1.165) is 51.6 Å². The van der Waals surface area contributed by atoms with Gasteiger partial charge in [0.1, 0.15) is 5.82 Å². The molecule has 0 saturated carbocycles. The Morgan fingerprint density at radius 2 is 2.16 bits per heavy atom. The van der Waals surface area contributed by atoms with Crippen molar-refractivity contribution in [3.8, 4) is 0 Å². The fourth-order valence-corrected chi connectivity index (χ4v) is 3.05. The van der Waals surface area contributed by atoms with Gasteiger partial charge in [0.05, 0.1) is 12.3 Å². The fourth-order valence-electron chi connectivity index (χ4n) is 3.05. The maximum absolute atomic E-state index is 13.8. The number of hydrogen-bond acceptors (Lipinski definition) is 3. The number of halogens is 1. The molecule has 1 heterocycles. The molecule has 1 aliphatic heterocycles. The Morgan fingerprint density at radius 1 is 1.36 bits per heavy atom. The van der Waals surface area contributed by atoms with E-state index < -0.39 is 0 Å².